The minimum atomic E-state index is -4.32. The third kappa shape index (κ3) is 4.33. The number of aromatic nitrogens is 2. The van der Waals surface area contributed by atoms with Crippen molar-refractivity contribution in [1.82, 2.24) is 14.7 Å². The Morgan fingerprint density at radius 1 is 1.16 bits per heavy atom. The Kier molecular flexibility index (Phi) is 6.05. The fraction of sp³-hybridized carbons (Fsp3) is 0.591. The number of methoxy groups -OCH3 is 2. The number of benzene rings is 1. The Bertz CT molecular complexity index is 915. The molecular formula is C22H29F3N4O2. The summed E-state index contributed by atoms with van der Waals surface area (Å²) >= 11 is 0. The Morgan fingerprint density at radius 2 is 1.94 bits per heavy atom. The molecule has 0 aliphatic carbocycles. The van der Waals surface area contributed by atoms with Crippen molar-refractivity contribution < 1.29 is 22.6 Å². The van der Waals surface area contributed by atoms with Crippen LogP contribution in [0.4, 0.5) is 19.0 Å². The van der Waals surface area contributed by atoms with Crippen LogP contribution in [0.25, 0.3) is 0 Å². The summed E-state index contributed by atoms with van der Waals surface area (Å²) in [6.07, 6.45) is -1.82. The third-order valence-electron chi connectivity index (χ3n) is 6.32. The third-order valence-corrected chi connectivity index (χ3v) is 6.32. The number of rotatable bonds is 6. The van der Waals surface area contributed by atoms with Gasteiger partial charge in [0.2, 0.25) is 0 Å². The second kappa shape index (κ2) is 8.61. The Hall–Kier alpha value is -2.42. The number of fused-ring (bicyclic) bond motifs is 1. The number of likely N-dealkylation sites (tertiary alicyclic amines) is 1. The van der Waals surface area contributed by atoms with E-state index in [0.717, 1.165) is 29.6 Å². The van der Waals surface area contributed by atoms with Crippen LogP contribution in [0.2, 0.25) is 0 Å². The summed E-state index contributed by atoms with van der Waals surface area (Å²) in [5.74, 6) is 1.80. The number of ether oxygens (including phenoxy) is 2. The molecule has 1 N–H and O–H groups in total. The first-order chi connectivity index (χ1) is 14.8. The van der Waals surface area contributed by atoms with Crippen LogP contribution in [0.1, 0.15) is 55.9 Å². The van der Waals surface area contributed by atoms with E-state index in [0.29, 0.717) is 36.0 Å². The zero-order chi connectivity index (χ0) is 22.2. The van der Waals surface area contributed by atoms with Gasteiger partial charge in [-0.2, -0.15) is 18.3 Å². The van der Waals surface area contributed by atoms with Gasteiger partial charge in [-0.3, -0.25) is 4.90 Å². The maximum atomic E-state index is 13.7. The molecule has 0 saturated carbocycles. The lowest BCUT2D eigenvalue weighted by atomic mass is 10.0. The summed E-state index contributed by atoms with van der Waals surface area (Å²) in [6.45, 7) is 3.44. The average molecular weight is 438 g/mol. The molecule has 0 spiro atoms. The van der Waals surface area contributed by atoms with Crippen molar-refractivity contribution in [3.63, 3.8) is 0 Å². The smallest absolute Gasteiger partial charge is 0.410 e. The van der Waals surface area contributed by atoms with Gasteiger partial charge in [-0.1, -0.05) is 13.0 Å². The van der Waals surface area contributed by atoms with E-state index in [1.807, 2.05) is 25.1 Å². The molecule has 0 radical (unpaired) electrons. The maximum absolute atomic E-state index is 13.7. The number of halogens is 3. The largest absolute Gasteiger partial charge is 0.493 e. The molecular weight excluding hydrogens is 409 g/mol. The van der Waals surface area contributed by atoms with Gasteiger partial charge in [0.25, 0.3) is 0 Å². The van der Waals surface area contributed by atoms with Gasteiger partial charge in [-0.15, -0.1) is 0 Å². The fourth-order valence-corrected chi connectivity index (χ4v) is 4.66. The SMILES string of the molecule is CC[C@@H]1C[C@H](C(F)(F)F)n2nc(C3CCCN3Cc3ccc(OC)c(OC)c3)cc2N1. The lowest BCUT2D eigenvalue weighted by molar-refractivity contribution is -0.173. The predicted molar refractivity (Wildman–Crippen MR) is 112 cm³/mol. The van der Waals surface area contributed by atoms with E-state index in [2.05, 4.69) is 15.3 Å². The second-order valence-corrected chi connectivity index (χ2v) is 8.26. The van der Waals surface area contributed by atoms with Crippen molar-refractivity contribution in [2.75, 3.05) is 26.1 Å². The van der Waals surface area contributed by atoms with E-state index in [-0.39, 0.29) is 18.5 Å². The average Bonchev–Trinajstić information content (AvgIpc) is 3.38. The van der Waals surface area contributed by atoms with Crippen LogP contribution in [0, 0.1) is 0 Å². The molecule has 31 heavy (non-hydrogen) atoms. The molecule has 3 heterocycles. The number of alkyl halides is 3. The molecule has 170 valence electrons. The molecule has 1 saturated heterocycles. The van der Waals surface area contributed by atoms with Crippen LogP contribution in [-0.2, 0) is 6.54 Å². The lowest BCUT2D eigenvalue weighted by Crippen LogP contribution is -2.38. The van der Waals surface area contributed by atoms with Crippen molar-refractivity contribution in [2.24, 2.45) is 0 Å². The Morgan fingerprint density at radius 3 is 2.61 bits per heavy atom. The standard InChI is InChI=1S/C22H29F3N4O2/c1-4-15-11-20(22(23,24)25)29-21(26-15)12-16(27-29)17-6-5-9-28(17)13-14-7-8-18(30-2)19(10-14)31-3/h7-8,10,12,15,17,20,26H,4-6,9,11,13H2,1-3H3/t15-,17?,20-/m1/s1. The molecule has 4 rings (SSSR count). The normalized spacial score (nSPS) is 24.0. The van der Waals surface area contributed by atoms with Crippen LogP contribution in [0.15, 0.2) is 24.3 Å². The van der Waals surface area contributed by atoms with E-state index in [9.17, 15) is 13.2 Å². The molecule has 0 bridgehead atoms. The first-order valence-electron chi connectivity index (χ1n) is 10.7. The van der Waals surface area contributed by atoms with E-state index in [1.54, 1.807) is 20.3 Å². The van der Waals surface area contributed by atoms with E-state index in [1.165, 1.54) is 0 Å². The van der Waals surface area contributed by atoms with Gasteiger partial charge in [0.1, 0.15) is 5.82 Å². The number of nitrogens with one attached hydrogen (secondary N) is 1. The van der Waals surface area contributed by atoms with Crippen molar-refractivity contribution in [2.45, 2.75) is 63.5 Å². The summed E-state index contributed by atoms with van der Waals surface area (Å²) < 4.78 is 52.9. The van der Waals surface area contributed by atoms with Gasteiger partial charge in [0.05, 0.1) is 26.0 Å². The highest BCUT2D eigenvalue weighted by molar-refractivity contribution is 5.44. The summed E-state index contributed by atoms with van der Waals surface area (Å²) in [7, 11) is 3.20. The van der Waals surface area contributed by atoms with E-state index >= 15 is 0 Å². The molecule has 1 unspecified atom stereocenters. The van der Waals surface area contributed by atoms with Crippen molar-refractivity contribution in [3.05, 3.63) is 35.5 Å². The Balaban J connectivity index is 1.58. The lowest BCUT2D eigenvalue weighted by Gasteiger charge is -2.32. The van der Waals surface area contributed by atoms with Crippen LogP contribution >= 0.6 is 0 Å². The fourth-order valence-electron chi connectivity index (χ4n) is 4.66. The molecule has 1 fully saturated rings. The molecule has 0 amide bonds. The van der Waals surface area contributed by atoms with Crippen molar-refractivity contribution in [1.29, 1.82) is 0 Å². The molecule has 1 aromatic carbocycles. The number of hydrogen-bond donors (Lipinski definition) is 1. The molecule has 2 aromatic rings. The van der Waals surface area contributed by atoms with Gasteiger partial charge in [0.15, 0.2) is 17.5 Å². The minimum absolute atomic E-state index is 0.00808. The minimum Gasteiger partial charge on any atom is -0.493 e. The molecule has 6 nitrogen and oxygen atoms in total. The molecule has 3 atom stereocenters. The monoisotopic (exact) mass is 438 g/mol. The second-order valence-electron chi connectivity index (χ2n) is 8.26. The van der Waals surface area contributed by atoms with Gasteiger partial charge in [-0.05, 0) is 49.9 Å². The predicted octanol–water partition coefficient (Wildman–Crippen LogP) is 4.94. The van der Waals surface area contributed by atoms with E-state index < -0.39 is 12.2 Å². The molecule has 9 heteroatoms. The number of anilines is 1. The summed E-state index contributed by atoms with van der Waals surface area (Å²) in [5.41, 5.74) is 1.76. The summed E-state index contributed by atoms with van der Waals surface area (Å²) in [6, 6.07) is 5.82. The molecule has 1 aromatic heterocycles. The van der Waals surface area contributed by atoms with Gasteiger partial charge >= 0.3 is 6.18 Å². The molecule has 2 aliphatic rings. The van der Waals surface area contributed by atoms with Crippen molar-refractivity contribution >= 4 is 5.82 Å². The molecule has 2 aliphatic heterocycles. The van der Waals surface area contributed by atoms with Crippen LogP contribution in [0.5, 0.6) is 11.5 Å². The van der Waals surface area contributed by atoms with Gasteiger partial charge < -0.3 is 14.8 Å². The zero-order valence-electron chi connectivity index (χ0n) is 18.1. The zero-order valence-corrected chi connectivity index (χ0v) is 18.1. The first kappa shape index (κ1) is 21.8. The summed E-state index contributed by atoms with van der Waals surface area (Å²) in [5, 5.41) is 7.69. The van der Waals surface area contributed by atoms with Crippen molar-refractivity contribution in [3.8, 4) is 11.5 Å². The van der Waals surface area contributed by atoms with Gasteiger partial charge in [0, 0.05) is 18.7 Å². The Labute approximate surface area is 180 Å². The quantitative estimate of drug-likeness (QED) is 0.693. The van der Waals surface area contributed by atoms with Crippen LogP contribution < -0.4 is 14.8 Å². The van der Waals surface area contributed by atoms with E-state index in [4.69, 9.17) is 9.47 Å². The number of hydrogen-bond acceptors (Lipinski definition) is 5. The number of nitrogens with zero attached hydrogens (tertiary/aromatic N) is 3. The highest BCUT2D eigenvalue weighted by Gasteiger charge is 2.46. The highest BCUT2D eigenvalue weighted by atomic mass is 19.4. The summed E-state index contributed by atoms with van der Waals surface area (Å²) in [4.78, 5) is 2.27. The van der Waals surface area contributed by atoms with Crippen LogP contribution in [-0.4, -0.2) is 47.7 Å². The topological polar surface area (TPSA) is 51.6 Å². The maximum Gasteiger partial charge on any atom is 0.410 e. The first-order valence-corrected chi connectivity index (χ1v) is 10.7. The van der Waals surface area contributed by atoms with Crippen LogP contribution in [0.3, 0.4) is 0 Å². The van der Waals surface area contributed by atoms with Gasteiger partial charge in [-0.25, -0.2) is 4.68 Å². The highest BCUT2D eigenvalue weighted by Crippen LogP contribution is 2.42.